The summed E-state index contributed by atoms with van der Waals surface area (Å²) in [6.45, 7) is 4.45. The molecule has 364 valence electrons. The number of rotatable bonds is 49. The molecule has 9 nitrogen and oxygen atoms in total. The van der Waals surface area contributed by atoms with Crippen molar-refractivity contribution in [1.29, 1.82) is 0 Å². The molecule has 61 heavy (non-hydrogen) atoms. The van der Waals surface area contributed by atoms with Crippen LogP contribution in [0.3, 0.4) is 0 Å². The van der Waals surface area contributed by atoms with Gasteiger partial charge in [0.2, 0.25) is 0 Å². The topological polar surface area (TPSA) is 108 Å². The number of carbonyl (C=O) groups is 2. The third-order valence-electron chi connectivity index (χ3n) is 11.9. The highest BCUT2D eigenvalue weighted by Gasteiger charge is 2.27. The zero-order valence-corrected chi connectivity index (χ0v) is 42.1. The Balaban J connectivity index is 3.98. The third kappa shape index (κ3) is 48.3. The first kappa shape index (κ1) is 60.0. The van der Waals surface area contributed by atoms with Gasteiger partial charge in [0.05, 0.1) is 27.7 Å². The normalized spacial score (nSPS) is 13.3. The van der Waals surface area contributed by atoms with Crippen molar-refractivity contribution in [3.8, 4) is 0 Å². The average molecular weight is 889 g/mol. The van der Waals surface area contributed by atoms with E-state index in [1.165, 1.54) is 199 Å². The standard InChI is InChI=1S/C51H102NO8P/c1-6-8-10-12-14-16-17-18-19-20-21-22-23-24-25-26-27-28-29-30-31-32-33-34-36-38-40-42-44-51(54)60-49(48-59-61(55,56)58-46-45-52(3,4)5)47-57-50(53)43-41-39-37-35-15-13-11-9-7-2/h49H,6-48H2,1-5H3/p+1. The minimum atomic E-state index is -4.37. The van der Waals surface area contributed by atoms with Gasteiger partial charge in [0.15, 0.2) is 6.10 Å². The SMILES string of the molecule is CCCCCCCCCCCCCCCCCCCCCCCCCCCCCCC(=O)OC(COC(=O)CCCCCCCCCCC)COP(=O)(O)OCC[N+](C)(C)C. The lowest BCUT2D eigenvalue weighted by atomic mass is 10.0. The molecule has 0 amide bonds. The highest BCUT2D eigenvalue weighted by atomic mass is 31.2. The maximum absolute atomic E-state index is 12.7. The van der Waals surface area contributed by atoms with Crippen molar-refractivity contribution >= 4 is 19.8 Å². The largest absolute Gasteiger partial charge is 0.472 e. The molecule has 0 fully saturated rings. The Morgan fingerprint density at radius 1 is 0.443 bits per heavy atom. The number of phosphoric acid groups is 1. The molecular weight excluding hydrogens is 786 g/mol. The molecular formula is C51H103NO8P+. The van der Waals surface area contributed by atoms with Crippen LogP contribution in [0.4, 0.5) is 0 Å². The maximum Gasteiger partial charge on any atom is 0.472 e. The summed E-state index contributed by atoms with van der Waals surface area (Å²) >= 11 is 0. The van der Waals surface area contributed by atoms with Gasteiger partial charge in [-0.2, -0.15) is 0 Å². The minimum absolute atomic E-state index is 0.0368. The van der Waals surface area contributed by atoms with Gasteiger partial charge in [0.25, 0.3) is 0 Å². The molecule has 0 aliphatic rings. The number of quaternary nitrogens is 1. The molecule has 0 aromatic heterocycles. The molecule has 2 atom stereocenters. The third-order valence-corrected chi connectivity index (χ3v) is 12.9. The molecule has 1 N–H and O–H groups in total. The molecule has 10 heteroatoms. The Labute approximate surface area is 378 Å². The van der Waals surface area contributed by atoms with Crippen molar-refractivity contribution in [2.24, 2.45) is 0 Å². The van der Waals surface area contributed by atoms with Gasteiger partial charge in [-0.1, -0.05) is 239 Å². The van der Waals surface area contributed by atoms with Gasteiger partial charge in [0, 0.05) is 12.8 Å². The summed E-state index contributed by atoms with van der Waals surface area (Å²) in [6, 6.07) is 0. The van der Waals surface area contributed by atoms with E-state index in [9.17, 15) is 19.0 Å². The zero-order chi connectivity index (χ0) is 45.0. The zero-order valence-electron chi connectivity index (χ0n) is 41.2. The second kappa shape index (κ2) is 44.2. The van der Waals surface area contributed by atoms with E-state index in [0.29, 0.717) is 17.4 Å². The highest BCUT2D eigenvalue weighted by molar-refractivity contribution is 7.47. The molecule has 0 radical (unpaired) electrons. The summed E-state index contributed by atoms with van der Waals surface area (Å²) < 4.78 is 34.4. The monoisotopic (exact) mass is 889 g/mol. The van der Waals surface area contributed by atoms with Crippen molar-refractivity contribution in [2.75, 3.05) is 47.5 Å². The lowest BCUT2D eigenvalue weighted by Crippen LogP contribution is -2.37. The fraction of sp³-hybridized carbons (Fsp3) is 0.961. The molecule has 0 spiro atoms. The average Bonchev–Trinajstić information content (AvgIpc) is 3.21. The Hall–Kier alpha value is -0.990. The number of nitrogens with zero attached hydrogens (tertiary/aromatic N) is 1. The van der Waals surface area contributed by atoms with E-state index >= 15 is 0 Å². The molecule has 0 bridgehead atoms. The van der Waals surface area contributed by atoms with Crippen LogP contribution in [0.1, 0.15) is 264 Å². The first-order valence-electron chi connectivity index (χ1n) is 26.3. The number of hydrogen-bond donors (Lipinski definition) is 1. The van der Waals surface area contributed by atoms with E-state index in [2.05, 4.69) is 13.8 Å². The molecule has 0 aliphatic heterocycles. The lowest BCUT2D eigenvalue weighted by molar-refractivity contribution is -0.870. The molecule has 0 heterocycles. The summed E-state index contributed by atoms with van der Waals surface area (Å²) in [5.74, 6) is -0.784. The van der Waals surface area contributed by atoms with E-state index in [4.69, 9.17) is 18.5 Å². The summed E-state index contributed by atoms with van der Waals surface area (Å²) in [4.78, 5) is 35.4. The number of esters is 2. The van der Waals surface area contributed by atoms with Crippen molar-refractivity contribution in [2.45, 2.75) is 270 Å². The van der Waals surface area contributed by atoms with Crippen LogP contribution in [-0.2, 0) is 32.7 Å². The van der Waals surface area contributed by atoms with Crippen molar-refractivity contribution < 1.29 is 42.1 Å². The summed E-state index contributed by atoms with van der Waals surface area (Å²) in [6.07, 6.45) is 47.6. The molecule has 0 saturated heterocycles. The van der Waals surface area contributed by atoms with E-state index in [-0.39, 0.29) is 25.6 Å². The van der Waals surface area contributed by atoms with Crippen molar-refractivity contribution in [3.05, 3.63) is 0 Å². The van der Waals surface area contributed by atoms with Crippen molar-refractivity contribution in [1.82, 2.24) is 0 Å². The molecule has 0 rings (SSSR count). The lowest BCUT2D eigenvalue weighted by Gasteiger charge is -2.24. The van der Waals surface area contributed by atoms with Gasteiger partial charge in [-0.25, -0.2) is 4.57 Å². The fourth-order valence-electron chi connectivity index (χ4n) is 7.78. The van der Waals surface area contributed by atoms with Crippen LogP contribution in [0.2, 0.25) is 0 Å². The first-order chi connectivity index (χ1) is 29.5. The second-order valence-corrected chi connectivity index (χ2v) is 20.7. The van der Waals surface area contributed by atoms with Gasteiger partial charge in [-0.15, -0.1) is 0 Å². The van der Waals surface area contributed by atoms with Gasteiger partial charge < -0.3 is 18.9 Å². The number of likely N-dealkylation sites (N-methyl/N-ethyl adjacent to an activating group) is 1. The number of phosphoric ester groups is 1. The van der Waals surface area contributed by atoms with E-state index in [1.54, 1.807) is 0 Å². The Kier molecular flexibility index (Phi) is 43.5. The van der Waals surface area contributed by atoms with Crippen LogP contribution < -0.4 is 0 Å². The van der Waals surface area contributed by atoms with E-state index < -0.39 is 26.5 Å². The fourth-order valence-corrected chi connectivity index (χ4v) is 8.52. The molecule has 0 aromatic rings. The molecule has 0 aliphatic carbocycles. The summed E-state index contributed by atoms with van der Waals surface area (Å²) in [5.41, 5.74) is 0. The van der Waals surface area contributed by atoms with Crippen LogP contribution in [0.25, 0.3) is 0 Å². The minimum Gasteiger partial charge on any atom is -0.462 e. The number of ether oxygens (including phenoxy) is 2. The second-order valence-electron chi connectivity index (χ2n) is 19.3. The highest BCUT2D eigenvalue weighted by Crippen LogP contribution is 2.43. The van der Waals surface area contributed by atoms with Crippen LogP contribution in [0.15, 0.2) is 0 Å². The molecule has 0 aromatic carbocycles. The van der Waals surface area contributed by atoms with Gasteiger partial charge in [-0.3, -0.25) is 18.6 Å². The number of hydrogen-bond acceptors (Lipinski definition) is 7. The predicted octanol–water partition coefficient (Wildman–Crippen LogP) is 15.5. The summed E-state index contributed by atoms with van der Waals surface area (Å²) in [7, 11) is 1.50. The van der Waals surface area contributed by atoms with Gasteiger partial charge >= 0.3 is 19.8 Å². The van der Waals surface area contributed by atoms with Crippen LogP contribution >= 0.6 is 7.82 Å². The van der Waals surface area contributed by atoms with Crippen LogP contribution in [-0.4, -0.2) is 74.9 Å². The number of carbonyl (C=O) groups excluding carboxylic acids is 2. The predicted molar refractivity (Wildman–Crippen MR) is 257 cm³/mol. The first-order valence-corrected chi connectivity index (χ1v) is 27.8. The smallest absolute Gasteiger partial charge is 0.462 e. The Morgan fingerprint density at radius 3 is 1.05 bits per heavy atom. The molecule has 2 unspecified atom stereocenters. The van der Waals surface area contributed by atoms with Crippen LogP contribution in [0.5, 0.6) is 0 Å². The summed E-state index contributed by atoms with van der Waals surface area (Å²) in [5, 5.41) is 0. The van der Waals surface area contributed by atoms with Crippen LogP contribution in [0, 0.1) is 0 Å². The van der Waals surface area contributed by atoms with E-state index in [1.807, 2.05) is 21.1 Å². The maximum atomic E-state index is 12.7. The van der Waals surface area contributed by atoms with Gasteiger partial charge in [0.1, 0.15) is 19.8 Å². The Morgan fingerprint density at radius 2 is 0.738 bits per heavy atom. The Bertz CT molecular complexity index is 1010. The van der Waals surface area contributed by atoms with Gasteiger partial charge in [-0.05, 0) is 12.8 Å². The van der Waals surface area contributed by atoms with E-state index in [0.717, 1.165) is 38.5 Å². The number of unbranched alkanes of at least 4 members (excludes halogenated alkanes) is 35. The quantitative estimate of drug-likeness (QED) is 0.0278. The van der Waals surface area contributed by atoms with Crippen molar-refractivity contribution in [3.63, 3.8) is 0 Å². The molecule has 0 saturated carbocycles.